The maximum absolute atomic E-state index is 13.0. The van der Waals surface area contributed by atoms with Crippen LogP contribution in [0, 0.1) is 13.8 Å². The minimum absolute atomic E-state index is 0.0501. The Labute approximate surface area is 173 Å². The number of halogens is 2. The van der Waals surface area contributed by atoms with Crippen LogP contribution in [-0.2, 0) is 11.3 Å². The zero-order valence-electron chi connectivity index (χ0n) is 17.9. The van der Waals surface area contributed by atoms with Crippen LogP contribution in [0.5, 0.6) is 11.5 Å². The quantitative estimate of drug-likeness (QED) is 0.476. The molecule has 0 saturated heterocycles. The molecule has 0 aliphatic carbocycles. The molecule has 0 aliphatic heterocycles. The molecular formula is C21H27F2N2O5+. The van der Waals surface area contributed by atoms with Gasteiger partial charge in [-0.3, -0.25) is 4.79 Å². The second-order valence-corrected chi connectivity index (χ2v) is 7.09. The summed E-state index contributed by atoms with van der Waals surface area (Å²) in [5.41, 5.74) is 2.66. The molecule has 164 valence electrons. The topological polar surface area (TPSA) is 82.1 Å². The number of aromatic nitrogens is 1. The van der Waals surface area contributed by atoms with E-state index in [1.807, 2.05) is 7.05 Å². The third-order valence-corrected chi connectivity index (χ3v) is 5.13. The molecule has 0 bridgehead atoms. The van der Waals surface area contributed by atoms with Crippen molar-refractivity contribution in [3.63, 3.8) is 0 Å². The Kier molecular flexibility index (Phi) is 7.55. The van der Waals surface area contributed by atoms with Crippen molar-refractivity contribution < 1.29 is 37.5 Å². The van der Waals surface area contributed by atoms with E-state index in [9.17, 15) is 18.4 Å². The molecule has 7 nitrogen and oxygen atoms in total. The van der Waals surface area contributed by atoms with Crippen LogP contribution in [0.4, 0.5) is 8.78 Å². The van der Waals surface area contributed by atoms with Gasteiger partial charge in [0, 0.05) is 11.3 Å². The smallest absolute Gasteiger partial charge is 0.387 e. The molecule has 2 rings (SSSR count). The summed E-state index contributed by atoms with van der Waals surface area (Å²) in [5.74, 6) is -0.497. The second-order valence-electron chi connectivity index (χ2n) is 7.09. The number of rotatable bonds is 9. The van der Waals surface area contributed by atoms with E-state index >= 15 is 0 Å². The lowest BCUT2D eigenvalue weighted by atomic mass is 10.0. The zero-order chi connectivity index (χ0) is 22.6. The summed E-state index contributed by atoms with van der Waals surface area (Å²) in [5, 5.41) is 0. The Morgan fingerprint density at radius 2 is 1.83 bits per heavy atom. The fourth-order valence-corrected chi connectivity index (χ4v) is 3.34. The number of H-pyrrole nitrogens is 1. The number of benzene rings is 1. The average molecular weight is 425 g/mol. The minimum Gasteiger partial charge on any atom is -0.493 e. The summed E-state index contributed by atoms with van der Waals surface area (Å²) in [6.07, 6.45) is 0. The minimum atomic E-state index is -2.95. The molecule has 0 radical (unpaired) electrons. The van der Waals surface area contributed by atoms with Crippen molar-refractivity contribution >= 4 is 11.8 Å². The monoisotopic (exact) mass is 425 g/mol. The Hall–Kier alpha value is -2.94. The van der Waals surface area contributed by atoms with Gasteiger partial charge in [-0.05, 0) is 44.5 Å². The first kappa shape index (κ1) is 23.3. The first-order chi connectivity index (χ1) is 14.1. The number of carbonyl (C=O) groups excluding carboxylic acids is 2. The van der Waals surface area contributed by atoms with Crippen molar-refractivity contribution in [3.05, 3.63) is 46.3 Å². The molecule has 0 amide bonds. The van der Waals surface area contributed by atoms with Gasteiger partial charge in [0.05, 0.1) is 32.5 Å². The molecule has 1 heterocycles. The predicted octanol–water partition coefficient (Wildman–Crippen LogP) is 2.31. The third-order valence-electron chi connectivity index (χ3n) is 5.13. The van der Waals surface area contributed by atoms with Crippen molar-refractivity contribution in [1.82, 2.24) is 4.98 Å². The van der Waals surface area contributed by atoms with E-state index in [-0.39, 0.29) is 17.3 Å². The second kappa shape index (κ2) is 9.71. The normalized spacial score (nSPS) is 13.1. The lowest BCUT2D eigenvalue weighted by Crippen LogP contribution is -3.12. The number of likely N-dealkylation sites (N-methyl/N-ethyl adjacent to an activating group) is 1. The van der Waals surface area contributed by atoms with E-state index in [1.54, 1.807) is 32.9 Å². The molecule has 0 saturated carbocycles. The predicted molar refractivity (Wildman–Crippen MR) is 106 cm³/mol. The Morgan fingerprint density at radius 1 is 1.17 bits per heavy atom. The van der Waals surface area contributed by atoms with Gasteiger partial charge in [0.25, 0.3) is 0 Å². The van der Waals surface area contributed by atoms with Crippen LogP contribution in [0.3, 0.4) is 0 Å². The first-order valence-corrected chi connectivity index (χ1v) is 9.36. The molecule has 2 atom stereocenters. The van der Waals surface area contributed by atoms with Crippen molar-refractivity contribution in [2.24, 2.45) is 0 Å². The summed E-state index contributed by atoms with van der Waals surface area (Å²) in [7, 11) is 4.52. The van der Waals surface area contributed by atoms with Crippen molar-refractivity contribution in [1.29, 1.82) is 0 Å². The number of esters is 1. The van der Waals surface area contributed by atoms with Gasteiger partial charge in [-0.1, -0.05) is 0 Å². The maximum atomic E-state index is 13.0. The van der Waals surface area contributed by atoms with E-state index in [4.69, 9.17) is 9.47 Å². The van der Waals surface area contributed by atoms with Gasteiger partial charge in [-0.2, -0.15) is 8.78 Å². The molecule has 2 N–H and O–H groups in total. The highest BCUT2D eigenvalue weighted by atomic mass is 19.3. The van der Waals surface area contributed by atoms with Crippen LogP contribution < -0.4 is 14.4 Å². The number of Topliss-reactive ketones (excluding diaryl/α,β-unsaturated/α-hetero) is 1. The summed E-state index contributed by atoms with van der Waals surface area (Å²) in [6, 6.07) is 4.24. The maximum Gasteiger partial charge on any atom is 0.387 e. The third kappa shape index (κ3) is 4.96. The number of carbonyl (C=O) groups is 2. The highest BCUT2D eigenvalue weighted by Crippen LogP contribution is 2.29. The summed E-state index contributed by atoms with van der Waals surface area (Å²) in [6.45, 7) is 2.71. The SMILES string of the molecule is COC(=O)c1c(C)[nH]c(C(=O)[C@@H](C)[NH+](C)Cc2ccc(OC(F)F)c(OC)c2)c1C. The summed E-state index contributed by atoms with van der Waals surface area (Å²) >= 11 is 0. The number of ether oxygens (including phenoxy) is 3. The van der Waals surface area contributed by atoms with E-state index < -0.39 is 18.6 Å². The van der Waals surface area contributed by atoms with Gasteiger partial charge in [0.2, 0.25) is 5.78 Å². The molecule has 9 heteroatoms. The molecule has 0 fully saturated rings. The lowest BCUT2D eigenvalue weighted by molar-refractivity contribution is -0.907. The number of quaternary nitrogens is 1. The summed E-state index contributed by atoms with van der Waals surface area (Å²) in [4.78, 5) is 28.9. The first-order valence-electron chi connectivity index (χ1n) is 9.36. The Morgan fingerprint density at radius 3 is 2.40 bits per heavy atom. The molecule has 30 heavy (non-hydrogen) atoms. The van der Waals surface area contributed by atoms with Crippen LogP contribution in [0.1, 0.15) is 44.6 Å². The molecule has 1 unspecified atom stereocenters. The molecular weight excluding hydrogens is 398 g/mol. The number of ketones is 1. The van der Waals surface area contributed by atoms with Gasteiger partial charge in [-0.25, -0.2) is 4.79 Å². The van der Waals surface area contributed by atoms with Gasteiger partial charge in [0.15, 0.2) is 17.5 Å². The number of aromatic amines is 1. The highest BCUT2D eigenvalue weighted by molar-refractivity contribution is 6.03. The van der Waals surface area contributed by atoms with Crippen molar-refractivity contribution in [2.75, 3.05) is 21.3 Å². The van der Waals surface area contributed by atoms with Gasteiger partial charge >= 0.3 is 12.6 Å². The zero-order valence-corrected chi connectivity index (χ0v) is 17.9. The Balaban J connectivity index is 2.19. The van der Waals surface area contributed by atoms with E-state index in [1.165, 1.54) is 20.3 Å². The van der Waals surface area contributed by atoms with Crippen molar-refractivity contribution in [3.8, 4) is 11.5 Å². The standard InChI is InChI=1S/C21H26F2N2O5/c1-11-17(20(27)29-6)12(2)24-18(11)19(26)13(3)25(4)10-14-7-8-15(30-21(22)23)16(9-14)28-5/h7-9,13,21,24H,10H2,1-6H3/p+1/t13-/m1/s1. The molecule has 0 spiro atoms. The van der Waals surface area contributed by atoms with Gasteiger partial charge in [0.1, 0.15) is 6.54 Å². The number of hydrogen-bond donors (Lipinski definition) is 2. The summed E-state index contributed by atoms with van der Waals surface area (Å²) < 4.78 is 39.3. The molecule has 1 aromatic heterocycles. The van der Waals surface area contributed by atoms with Crippen molar-refractivity contribution in [2.45, 2.75) is 40.0 Å². The van der Waals surface area contributed by atoms with Crippen LogP contribution in [-0.4, -0.2) is 50.7 Å². The van der Waals surface area contributed by atoms with E-state index in [0.717, 1.165) is 10.5 Å². The van der Waals surface area contributed by atoms with Crippen LogP contribution >= 0.6 is 0 Å². The van der Waals surface area contributed by atoms with Crippen LogP contribution in [0.2, 0.25) is 0 Å². The number of methoxy groups -OCH3 is 2. The van der Waals surface area contributed by atoms with Crippen LogP contribution in [0.25, 0.3) is 0 Å². The Bertz CT molecular complexity index is 926. The number of aryl methyl sites for hydroxylation is 1. The fourth-order valence-electron chi connectivity index (χ4n) is 3.34. The van der Waals surface area contributed by atoms with E-state index in [2.05, 4.69) is 9.72 Å². The number of hydrogen-bond acceptors (Lipinski definition) is 5. The molecule has 2 aromatic rings. The van der Waals surface area contributed by atoms with Gasteiger partial charge < -0.3 is 24.1 Å². The fraction of sp³-hybridized carbons (Fsp3) is 0.429. The van der Waals surface area contributed by atoms with Gasteiger partial charge in [-0.15, -0.1) is 0 Å². The number of alkyl halides is 2. The highest BCUT2D eigenvalue weighted by Gasteiger charge is 2.29. The largest absolute Gasteiger partial charge is 0.493 e. The van der Waals surface area contributed by atoms with Crippen LogP contribution in [0.15, 0.2) is 18.2 Å². The molecule has 0 aliphatic rings. The average Bonchev–Trinajstić information content (AvgIpc) is 3.00. The van der Waals surface area contributed by atoms with E-state index in [0.29, 0.717) is 29.1 Å². The lowest BCUT2D eigenvalue weighted by Gasteiger charge is -2.21. The molecule has 1 aromatic carbocycles. The number of nitrogens with one attached hydrogen (secondary N) is 2.